The van der Waals surface area contributed by atoms with Gasteiger partial charge in [-0.3, -0.25) is 4.79 Å². The van der Waals surface area contributed by atoms with Crippen molar-refractivity contribution in [1.82, 2.24) is 10.4 Å². The summed E-state index contributed by atoms with van der Waals surface area (Å²) in [6.45, 7) is 0. The van der Waals surface area contributed by atoms with Gasteiger partial charge in [0.1, 0.15) is 10.3 Å². The van der Waals surface area contributed by atoms with E-state index in [0.717, 1.165) is 17.8 Å². The van der Waals surface area contributed by atoms with Crippen LogP contribution in [0.4, 0.5) is 13.2 Å². The van der Waals surface area contributed by atoms with E-state index in [1.807, 2.05) is 0 Å². The molecule has 1 atom stereocenters. The van der Waals surface area contributed by atoms with Crippen LogP contribution in [0.25, 0.3) is 0 Å². The van der Waals surface area contributed by atoms with Crippen LogP contribution in [0.15, 0.2) is 22.4 Å². The zero-order valence-electron chi connectivity index (χ0n) is 8.53. The van der Waals surface area contributed by atoms with Gasteiger partial charge in [0.2, 0.25) is 0 Å². The van der Waals surface area contributed by atoms with Gasteiger partial charge in [-0.25, -0.2) is 10.4 Å². The van der Waals surface area contributed by atoms with Crippen LogP contribution < -0.4 is 5.43 Å². The van der Waals surface area contributed by atoms with E-state index >= 15 is 0 Å². The number of alkyl halides is 3. The first-order chi connectivity index (χ1) is 8.38. The first-order valence-electron chi connectivity index (χ1n) is 4.60. The highest BCUT2D eigenvalue weighted by atomic mass is 35.5. The molecule has 1 aromatic heterocycles. The van der Waals surface area contributed by atoms with Crippen molar-refractivity contribution in [3.8, 4) is 0 Å². The molecular formula is C9H5ClF3N3OS. The molecule has 4 nitrogen and oxygen atoms in total. The molecule has 1 aliphatic heterocycles. The molecular weight excluding hydrogens is 291 g/mol. The molecule has 1 unspecified atom stereocenters. The van der Waals surface area contributed by atoms with E-state index in [1.54, 1.807) is 0 Å². The minimum absolute atomic E-state index is 0.150. The van der Waals surface area contributed by atoms with Gasteiger partial charge in [0.15, 0.2) is 0 Å². The van der Waals surface area contributed by atoms with Crippen molar-refractivity contribution in [3.05, 3.63) is 22.8 Å². The molecule has 1 N–H and O–H groups in total. The van der Waals surface area contributed by atoms with Crippen molar-refractivity contribution in [3.63, 3.8) is 0 Å². The summed E-state index contributed by atoms with van der Waals surface area (Å²) >= 11 is 6.64. The number of nitrogens with one attached hydrogen (secondary N) is 1. The molecule has 0 radical (unpaired) electrons. The molecule has 1 aliphatic rings. The van der Waals surface area contributed by atoms with Crippen LogP contribution in [0.5, 0.6) is 0 Å². The number of carbonyl (C=O) groups is 1. The molecule has 1 amide bonds. The summed E-state index contributed by atoms with van der Waals surface area (Å²) in [5.41, 5.74) is 1.27. The lowest BCUT2D eigenvalue weighted by Crippen LogP contribution is -2.22. The van der Waals surface area contributed by atoms with Gasteiger partial charge in [0.25, 0.3) is 5.91 Å². The van der Waals surface area contributed by atoms with Crippen molar-refractivity contribution in [2.45, 2.75) is 16.5 Å². The number of pyridine rings is 1. The lowest BCUT2D eigenvalue weighted by atomic mass is 10.3. The number of rotatable bonds is 2. The summed E-state index contributed by atoms with van der Waals surface area (Å²) in [6.07, 6.45) is -2.48. The second-order valence-electron chi connectivity index (χ2n) is 3.30. The van der Waals surface area contributed by atoms with Crippen LogP contribution in [0.2, 0.25) is 5.02 Å². The van der Waals surface area contributed by atoms with Crippen LogP contribution in [-0.4, -0.2) is 22.4 Å². The molecule has 2 heterocycles. The number of hydrogen-bond acceptors (Lipinski definition) is 4. The second-order valence-corrected chi connectivity index (χ2v) is 4.84. The first kappa shape index (κ1) is 13.2. The van der Waals surface area contributed by atoms with Gasteiger partial charge in [-0.2, -0.15) is 18.3 Å². The van der Waals surface area contributed by atoms with Gasteiger partial charge in [-0.05, 0) is 6.07 Å². The lowest BCUT2D eigenvalue weighted by Gasteiger charge is -2.09. The van der Waals surface area contributed by atoms with E-state index in [2.05, 4.69) is 15.5 Å². The minimum Gasteiger partial charge on any atom is -0.271 e. The summed E-state index contributed by atoms with van der Waals surface area (Å²) in [5, 5.41) is 2.90. The Labute approximate surface area is 109 Å². The van der Waals surface area contributed by atoms with Crippen LogP contribution in [-0.2, 0) is 11.0 Å². The highest BCUT2D eigenvalue weighted by Crippen LogP contribution is 2.34. The Bertz CT molecular complexity index is 520. The molecule has 0 aromatic carbocycles. The van der Waals surface area contributed by atoms with Crippen molar-refractivity contribution in [1.29, 1.82) is 0 Å². The maximum absolute atomic E-state index is 12.4. The normalized spacial score (nSPS) is 19.1. The van der Waals surface area contributed by atoms with Crippen molar-refractivity contribution in [2.75, 3.05) is 0 Å². The van der Waals surface area contributed by atoms with Crippen LogP contribution in [0, 0.1) is 0 Å². The Morgan fingerprint density at radius 1 is 1.44 bits per heavy atom. The van der Waals surface area contributed by atoms with Gasteiger partial charge < -0.3 is 0 Å². The SMILES string of the molecule is O=C1NN=CC1Sc1ncc(C(F)(F)F)cc1Cl. The van der Waals surface area contributed by atoms with Crippen LogP contribution >= 0.6 is 23.4 Å². The van der Waals surface area contributed by atoms with Crippen LogP contribution in [0.1, 0.15) is 5.56 Å². The molecule has 9 heteroatoms. The molecule has 1 aromatic rings. The molecule has 18 heavy (non-hydrogen) atoms. The second kappa shape index (κ2) is 4.77. The number of halogens is 4. The maximum atomic E-state index is 12.4. The maximum Gasteiger partial charge on any atom is 0.417 e. The number of carbonyl (C=O) groups excluding carboxylic acids is 1. The van der Waals surface area contributed by atoms with Gasteiger partial charge in [0.05, 0.1) is 10.6 Å². The van der Waals surface area contributed by atoms with E-state index in [-0.39, 0.29) is 16.0 Å². The molecule has 0 saturated carbocycles. The molecule has 0 bridgehead atoms. The Morgan fingerprint density at radius 2 is 2.17 bits per heavy atom. The predicted molar refractivity (Wildman–Crippen MR) is 60.5 cm³/mol. The summed E-state index contributed by atoms with van der Waals surface area (Å²) in [6, 6.07) is 0.779. The summed E-state index contributed by atoms with van der Waals surface area (Å²) in [7, 11) is 0. The molecule has 0 fully saturated rings. The predicted octanol–water partition coefficient (Wildman–Crippen LogP) is 2.33. The largest absolute Gasteiger partial charge is 0.417 e. The number of nitrogens with zero attached hydrogens (tertiary/aromatic N) is 2. The molecule has 2 rings (SSSR count). The highest BCUT2D eigenvalue weighted by Gasteiger charge is 2.32. The zero-order valence-corrected chi connectivity index (χ0v) is 10.1. The molecule has 96 valence electrons. The number of hydrazone groups is 1. The van der Waals surface area contributed by atoms with E-state index in [1.165, 1.54) is 6.21 Å². The Kier molecular flexibility index (Phi) is 3.49. The third-order valence-electron chi connectivity index (χ3n) is 2.02. The van der Waals surface area contributed by atoms with E-state index < -0.39 is 17.0 Å². The average molecular weight is 296 g/mol. The summed E-state index contributed by atoms with van der Waals surface area (Å²) in [4.78, 5) is 14.8. The Balaban J connectivity index is 2.20. The number of aromatic nitrogens is 1. The fraction of sp³-hybridized carbons (Fsp3) is 0.222. The van der Waals surface area contributed by atoms with E-state index in [0.29, 0.717) is 6.20 Å². The molecule has 0 aliphatic carbocycles. The topological polar surface area (TPSA) is 54.4 Å². The van der Waals surface area contributed by atoms with Crippen molar-refractivity contribution in [2.24, 2.45) is 5.10 Å². The monoisotopic (exact) mass is 295 g/mol. The Hall–Kier alpha value is -1.28. The van der Waals surface area contributed by atoms with Crippen LogP contribution in [0.3, 0.4) is 0 Å². The number of hydrogen-bond donors (Lipinski definition) is 1. The zero-order chi connectivity index (χ0) is 13.3. The average Bonchev–Trinajstić information content (AvgIpc) is 2.66. The van der Waals surface area contributed by atoms with Crippen molar-refractivity contribution < 1.29 is 18.0 Å². The standard InChI is InChI=1S/C9H5ClF3N3OS/c10-5-1-4(9(11,12)13)2-14-8(5)18-6-3-15-16-7(6)17/h1-3,6H,(H,16,17). The molecule has 0 spiro atoms. The fourth-order valence-corrected chi connectivity index (χ4v) is 2.28. The van der Waals surface area contributed by atoms with Gasteiger partial charge >= 0.3 is 6.18 Å². The van der Waals surface area contributed by atoms with Gasteiger partial charge in [0, 0.05) is 12.4 Å². The third-order valence-corrected chi connectivity index (χ3v) is 3.55. The fourth-order valence-electron chi connectivity index (χ4n) is 1.17. The third kappa shape index (κ3) is 2.75. The number of amides is 1. The van der Waals surface area contributed by atoms with Gasteiger partial charge in [-0.15, -0.1) is 0 Å². The van der Waals surface area contributed by atoms with E-state index in [4.69, 9.17) is 11.6 Å². The van der Waals surface area contributed by atoms with Crippen molar-refractivity contribution >= 4 is 35.5 Å². The lowest BCUT2D eigenvalue weighted by molar-refractivity contribution is -0.137. The molecule has 0 saturated heterocycles. The summed E-state index contributed by atoms with van der Waals surface area (Å²) in [5.74, 6) is -0.363. The highest BCUT2D eigenvalue weighted by molar-refractivity contribution is 8.01. The first-order valence-corrected chi connectivity index (χ1v) is 5.86. The number of thioether (sulfide) groups is 1. The smallest absolute Gasteiger partial charge is 0.271 e. The minimum atomic E-state index is -4.49. The summed E-state index contributed by atoms with van der Waals surface area (Å²) < 4.78 is 37.1. The Morgan fingerprint density at radius 3 is 2.67 bits per heavy atom. The van der Waals surface area contributed by atoms with E-state index in [9.17, 15) is 18.0 Å². The van der Waals surface area contributed by atoms with Gasteiger partial charge in [-0.1, -0.05) is 23.4 Å². The quantitative estimate of drug-likeness (QED) is 0.911.